The minimum atomic E-state index is -0.682. The molecule has 1 saturated heterocycles. The zero-order valence-electron chi connectivity index (χ0n) is 11.0. The van der Waals surface area contributed by atoms with Crippen molar-refractivity contribution in [2.75, 3.05) is 13.2 Å². The summed E-state index contributed by atoms with van der Waals surface area (Å²) in [5, 5.41) is 9.09. The largest absolute Gasteiger partial charge is 0.481 e. The Balaban J connectivity index is 1.70. The van der Waals surface area contributed by atoms with Gasteiger partial charge in [-0.1, -0.05) is 0 Å². The van der Waals surface area contributed by atoms with Crippen molar-refractivity contribution in [2.45, 2.75) is 38.6 Å². The minimum Gasteiger partial charge on any atom is -0.481 e. The molecule has 3 rings (SSSR count). The lowest BCUT2D eigenvalue weighted by molar-refractivity contribution is -0.142. The van der Waals surface area contributed by atoms with Gasteiger partial charge in [0.15, 0.2) is 0 Å². The molecule has 0 bridgehead atoms. The first-order chi connectivity index (χ1) is 9.24. The molecular formula is C14H20N2O3. The number of carbonyl (C=O) groups is 1. The maximum Gasteiger partial charge on any atom is 0.306 e. The molecule has 1 N–H and O–H groups in total. The quantitative estimate of drug-likeness (QED) is 0.898. The summed E-state index contributed by atoms with van der Waals surface area (Å²) >= 11 is 0. The zero-order chi connectivity index (χ0) is 13.2. The summed E-state index contributed by atoms with van der Waals surface area (Å²) < 4.78 is 7.61. The molecule has 19 heavy (non-hydrogen) atoms. The molecule has 2 aliphatic heterocycles. The number of aliphatic carboxylic acids is 1. The highest BCUT2D eigenvalue weighted by Gasteiger charge is 2.27. The molecule has 1 aromatic rings. The normalized spacial score (nSPS) is 24.1. The van der Waals surface area contributed by atoms with Gasteiger partial charge in [0.2, 0.25) is 0 Å². The van der Waals surface area contributed by atoms with Crippen molar-refractivity contribution >= 4 is 5.97 Å². The van der Waals surface area contributed by atoms with Gasteiger partial charge in [-0.2, -0.15) is 0 Å². The van der Waals surface area contributed by atoms with Crippen molar-refractivity contribution in [1.29, 1.82) is 0 Å². The molecular weight excluding hydrogens is 244 g/mol. The topological polar surface area (TPSA) is 64.3 Å². The average molecular weight is 264 g/mol. The molecule has 1 atom stereocenters. The highest BCUT2D eigenvalue weighted by atomic mass is 16.5. The first-order valence-electron chi connectivity index (χ1n) is 7.08. The van der Waals surface area contributed by atoms with Gasteiger partial charge in [0.05, 0.1) is 5.92 Å². The fourth-order valence-corrected chi connectivity index (χ4v) is 3.11. The van der Waals surface area contributed by atoms with Crippen LogP contribution in [0.4, 0.5) is 0 Å². The Hall–Kier alpha value is -1.36. The number of nitrogens with zero attached hydrogens (tertiary/aromatic N) is 2. The standard InChI is InChI=1S/C14H20N2O3/c17-14(18)11-1-4-16-12(8-11)9-15-13(16)7-10-2-5-19-6-3-10/h9-11H,1-8H2,(H,17,18). The molecule has 1 aromatic heterocycles. The summed E-state index contributed by atoms with van der Waals surface area (Å²) in [6, 6.07) is 0. The summed E-state index contributed by atoms with van der Waals surface area (Å²) in [4.78, 5) is 15.6. The number of carboxylic acid groups (broad SMARTS) is 1. The summed E-state index contributed by atoms with van der Waals surface area (Å²) in [7, 11) is 0. The van der Waals surface area contributed by atoms with E-state index in [1.54, 1.807) is 0 Å². The zero-order valence-corrected chi connectivity index (χ0v) is 11.0. The highest BCUT2D eigenvalue weighted by molar-refractivity contribution is 5.70. The Kier molecular flexibility index (Phi) is 3.55. The van der Waals surface area contributed by atoms with Gasteiger partial charge >= 0.3 is 5.97 Å². The number of fused-ring (bicyclic) bond motifs is 1. The van der Waals surface area contributed by atoms with Crippen LogP contribution in [0.1, 0.15) is 30.8 Å². The average Bonchev–Trinajstić information content (AvgIpc) is 2.82. The van der Waals surface area contributed by atoms with Crippen molar-refractivity contribution in [2.24, 2.45) is 11.8 Å². The predicted octanol–water partition coefficient (Wildman–Crippen LogP) is 1.50. The van der Waals surface area contributed by atoms with Gasteiger partial charge in [0.1, 0.15) is 5.82 Å². The SMILES string of the molecule is O=C(O)C1CCn2c(cnc2CC2CCOCC2)C1. The van der Waals surface area contributed by atoms with E-state index in [9.17, 15) is 4.79 Å². The van der Waals surface area contributed by atoms with E-state index in [0.29, 0.717) is 12.3 Å². The van der Waals surface area contributed by atoms with Crippen LogP contribution >= 0.6 is 0 Å². The minimum absolute atomic E-state index is 0.236. The van der Waals surface area contributed by atoms with Gasteiger partial charge in [-0.25, -0.2) is 4.98 Å². The maximum atomic E-state index is 11.0. The molecule has 1 fully saturated rings. The van der Waals surface area contributed by atoms with Crippen LogP contribution < -0.4 is 0 Å². The molecule has 0 radical (unpaired) electrons. The molecule has 0 amide bonds. The third-order valence-electron chi connectivity index (χ3n) is 4.34. The van der Waals surface area contributed by atoms with Gasteiger partial charge < -0.3 is 14.4 Å². The summed E-state index contributed by atoms with van der Waals surface area (Å²) in [6.45, 7) is 2.52. The lowest BCUT2D eigenvalue weighted by Crippen LogP contribution is -2.27. The van der Waals surface area contributed by atoms with Crippen LogP contribution in [0.2, 0.25) is 0 Å². The van der Waals surface area contributed by atoms with E-state index < -0.39 is 5.97 Å². The van der Waals surface area contributed by atoms with Crippen LogP contribution in [0, 0.1) is 11.8 Å². The fraction of sp³-hybridized carbons (Fsp3) is 0.714. The van der Waals surface area contributed by atoms with E-state index in [4.69, 9.17) is 9.84 Å². The van der Waals surface area contributed by atoms with E-state index in [1.807, 2.05) is 6.20 Å². The third kappa shape index (κ3) is 2.66. The Morgan fingerprint density at radius 2 is 2.21 bits per heavy atom. The van der Waals surface area contributed by atoms with E-state index in [2.05, 4.69) is 9.55 Å². The lowest BCUT2D eigenvalue weighted by Gasteiger charge is -2.25. The Labute approximate surface area is 112 Å². The molecule has 0 aromatic carbocycles. The summed E-state index contributed by atoms with van der Waals surface area (Å²) in [5.74, 6) is 0.877. The van der Waals surface area contributed by atoms with Crippen LogP contribution in [0.25, 0.3) is 0 Å². The second kappa shape index (κ2) is 5.33. The molecule has 5 heteroatoms. The smallest absolute Gasteiger partial charge is 0.306 e. The molecule has 0 saturated carbocycles. The number of carboxylic acids is 1. The van der Waals surface area contributed by atoms with E-state index in [-0.39, 0.29) is 5.92 Å². The number of imidazole rings is 1. The molecule has 3 heterocycles. The monoisotopic (exact) mass is 264 g/mol. The first-order valence-corrected chi connectivity index (χ1v) is 7.08. The maximum absolute atomic E-state index is 11.0. The Bertz CT molecular complexity index is 463. The van der Waals surface area contributed by atoms with E-state index in [1.165, 1.54) is 0 Å². The number of hydrogen-bond donors (Lipinski definition) is 1. The predicted molar refractivity (Wildman–Crippen MR) is 68.9 cm³/mol. The van der Waals surface area contributed by atoms with E-state index in [0.717, 1.165) is 57.0 Å². The lowest BCUT2D eigenvalue weighted by atomic mass is 9.94. The number of rotatable bonds is 3. The fourth-order valence-electron chi connectivity index (χ4n) is 3.11. The highest BCUT2D eigenvalue weighted by Crippen LogP contribution is 2.25. The second-order valence-corrected chi connectivity index (χ2v) is 5.61. The molecule has 2 aliphatic rings. The van der Waals surface area contributed by atoms with Gasteiger partial charge in [-0.3, -0.25) is 4.79 Å². The van der Waals surface area contributed by atoms with Crippen LogP contribution in [0.15, 0.2) is 6.20 Å². The molecule has 1 unspecified atom stereocenters. The first kappa shape index (κ1) is 12.7. The molecule has 0 aliphatic carbocycles. The summed E-state index contributed by atoms with van der Waals surface area (Å²) in [6.07, 6.45) is 6.43. The number of ether oxygens (including phenoxy) is 1. The van der Waals surface area contributed by atoms with Crippen molar-refractivity contribution in [3.63, 3.8) is 0 Å². The number of aromatic nitrogens is 2. The summed E-state index contributed by atoms with van der Waals surface area (Å²) in [5.41, 5.74) is 1.08. The van der Waals surface area contributed by atoms with Crippen molar-refractivity contribution < 1.29 is 14.6 Å². The Morgan fingerprint density at radius 3 is 2.95 bits per heavy atom. The van der Waals surface area contributed by atoms with Crippen LogP contribution in [-0.2, 0) is 28.9 Å². The van der Waals surface area contributed by atoms with Gasteiger partial charge in [-0.15, -0.1) is 0 Å². The number of hydrogen-bond acceptors (Lipinski definition) is 3. The van der Waals surface area contributed by atoms with Gasteiger partial charge in [-0.05, 0) is 25.2 Å². The molecule has 104 valence electrons. The van der Waals surface area contributed by atoms with Crippen LogP contribution in [-0.4, -0.2) is 33.8 Å². The van der Waals surface area contributed by atoms with E-state index >= 15 is 0 Å². The van der Waals surface area contributed by atoms with Crippen molar-refractivity contribution in [3.8, 4) is 0 Å². The second-order valence-electron chi connectivity index (χ2n) is 5.61. The van der Waals surface area contributed by atoms with Crippen LogP contribution in [0.5, 0.6) is 0 Å². The van der Waals surface area contributed by atoms with Gasteiger partial charge in [0, 0.05) is 44.5 Å². The Morgan fingerprint density at radius 1 is 1.42 bits per heavy atom. The van der Waals surface area contributed by atoms with Gasteiger partial charge in [0.25, 0.3) is 0 Å². The molecule has 0 spiro atoms. The molecule has 5 nitrogen and oxygen atoms in total. The third-order valence-corrected chi connectivity index (χ3v) is 4.34. The van der Waals surface area contributed by atoms with Crippen molar-refractivity contribution in [1.82, 2.24) is 9.55 Å². The van der Waals surface area contributed by atoms with Crippen LogP contribution in [0.3, 0.4) is 0 Å². The van der Waals surface area contributed by atoms with Crippen molar-refractivity contribution in [3.05, 3.63) is 17.7 Å².